The zero-order valence-corrected chi connectivity index (χ0v) is 17.1. The summed E-state index contributed by atoms with van der Waals surface area (Å²) in [6.07, 6.45) is 2.83. The van der Waals surface area contributed by atoms with Crippen molar-refractivity contribution in [2.45, 2.75) is 39.3 Å². The third-order valence-corrected chi connectivity index (χ3v) is 5.93. The average molecular weight is 396 g/mol. The second-order valence-electron chi connectivity index (χ2n) is 7.73. The van der Waals surface area contributed by atoms with Gasteiger partial charge in [-0.1, -0.05) is 37.3 Å². The minimum atomic E-state index is -0.216. The number of likely N-dealkylation sites (N-methyl/N-ethyl adjacent to an activating group) is 1. The van der Waals surface area contributed by atoms with Crippen molar-refractivity contribution in [1.82, 2.24) is 24.7 Å². The van der Waals surface area contributed by atoms with E-state index in [2.05, 4.69) is 22.1 Å². The van der Waals surface area contributed by atoms with Gasteiger partial charge in [0.2, 0.25) is 0 Å². The molecule has 1 N–H and O–H groups in total. The summed E-state index contributed by atoms with van der Waals surface area (Å²) in [7, 11) is 0. The van der Waals surface area contributed by atoms with Crippen molar-refractivity contribution in [3.05, 3.63) is 53.1 Å². The van der Waals surface area contributed by atoms with Crippen LogP contribution >= 0.6 is 0 Å². The number of nitrogens with one attached hydrogen (secondary N) is 1. The zero-order chi connectivity index (χ0) is 20.2. The summed E-state index contributed by atoms with van der Waals surface area (Å²) in [4.78, 5) is 34.8. The molecule has 7 nitrogen and oxygen atoms in total. The predicted octanol–water partition coefficient (Wildman–Crippen LogP) is 1.93. The highest BCUT2D eigenvalue weighted by molar-refractivity contribution is 5.97. The third-order valence-electron chi connectivity index (χ3n) is 5.93. The van der Waals surface area contributed by atoms with E-state index in [0.717, 1.165) is 56.7 Å². The predicted molar refractivity (Wildman–Crippen MR) is 111 cm³/mol. The summed E-state index contributed by atoms with van der Waals surface area (Å²) < 4.78 is 1.96. The zero-order valence-electron chi connectivity index (χ0n) is 17.1. The molecule has 0 radical (unpaired) electrons. The van der Waals surface area contributed by atoms with Gasteiger partial charge in [0, 0.05) is 39.3 Å². The molecule has 0 atom stereocenters. The smallest absolute Gasteiger partial charge is 0.287 e. The van der Waals surface area contributed by atoms with Gasteiger partial charge in [-0.3, -0.25) is 9.59 Å². The Morgan fingerprint density at radius 2 is 1.79 bits per heavy atom. The highest BCUT2D eigenvalue weighted by Gasteiger charge is 2.31. The molecule has 154 valence electrons. The van der Waals surface area contributed by atoms with Crippen molar-refractivity contribution in [3.63, 3.8) is 0 Å². The van der Waals surface area contributed by atoms with Crippen LogP contribution in [0.2, 0.25) is 0 Å². The van der Waals surface area contributed by atoms with Crippen molar-refractivity contribution in [3.8, 4) is 0 Å². The maximum atomic E-state index is 13.2. The number of hydrogen-bond acceptors (Lipinski definition) is 4. The topological polar surface area (TPSA) is 70.5 Å². The maximum Gasteiger partial charge on any atom is 0.287 e. The molecule has 1 aromatic carbocycles. The molecule has 0 bridgehead atoms. The van der Waals surface area contributed by atoms with E-state index in [0.29, 0.717) is 31.2 Å². The quantitative estimate of drug-likeness (QED) is 0.840. The van der Waals surface area contributed by atoms with Gasteiger partial charge in [-0.25, -0.2) is 4.98 Å². The molecule has 0 unspecified atom stereocenters. The first-order valence-corrected chi connectivity index (χ1v) is 10.6. The number of piperazine rings is 1. The lowest BCUT2D eigenvalue weighted by Gasteiger charge is -2.33. The number of carbonyl (C=O) groups excluding carboxylic acids is 2. The maximum absolute atomic E-state index is 13.2. The summed E-state index contributed by atoms with van der Waals surface area (Å²) in [6.45, 7) is 7.56. The summed E-state index contributed by atoms with van der Waals surface area (Å²) in [6, 6.07) is 9.81. The molecule has 0 saturated carbocycles. The van der Waals surface area contributed by atoms with E-state index in [9.17, 15) is 9.59 Å². The molecule has 0 aliphatic carbocycles. The van der Waals surface area contributed by atoms with Crippen LogP contribution in [0.3, 0.4) is 0 Å². The molecular weight excluding hydrogens is 366 g/mol. The lowest BCUT2D eigenvalue weighted by molar-refractivity contribution is 0.0636. The van der Waals surface area contributed by atoms with Crippen LogP contribution in [0.5, 0.6) is 0 Å². The molecule has 3 heterocycles. The summed E-state index contributed by atoms with van der Waals surface area (Å²) >= 11 is 0. The second-order valence-corrected chi connectivity index (χ2v) is 7.73. The van der Waals surface area contributed by atoms with Gasteiger partial charge in [0.05, 0.1) is 5.69 Å². The Bertz CT molecular complexity index is 869. The monoisotopic (exact) mass is 395 g/mol. The highest BCUT2D eigenvalue weighted by atomic mass is 16.2. The molecular formula is C22H29N5O2. The Labute approximate surface area is 171 Å². The number of aromatic nitrogens is 2. The first-order valence-electron chi connectivity index (χ1n) is 10.6. The third kappa shape index (κ3) is 4.19. The van der Waals surface area contributed by atoms with Gasteiger partial charge in [-0.05, 0) is 31.4 Å². The van der Waals surface area contributed by atoms with E-state index in [1.165, 1.54) is 0 Å². The number of benzene rings is 1. The number of amides is 2. The molecule has 1 aromatic heterocycles. The van der Waals surface area contributed by atoms with Gasteiger partial charge >= 0.3 is 0 Å². The van der Waals surface area contributed by atoms with Crippen LogP contribution in [0.1, 0.15) is 52.1 Å². The van der Waals surface area contributed by atoms with Crippen LogP contribution in [0, 0.1) is 0 Å². The second kappa shape index (κ2) is 8.78. The molecule has 2 aromatic rings. The van der Waals surface area contributed by atoms with Crippen LogP contribution in [0.15, 0.2) is 30.3 Å². The van der Waals surface area contributed by atoms with Gasteiger partial charge in [-0.2, -0.15) is 0 Å². The van der Waals surface area contributed by atoms with Gasteiger partial charge in [-0.15, -0.1) is 0 Å². The van der Waals surface area contributed by atoms with E-state index >= 15 is 0 Å². The number of rotatable bonds is 5. The van der Waals surface area contributed by atoms with Crippen molar-refractivity contribution < 1.29 is 9.59 Å². The average Bonchev–Trinajstić information content (AvgIpc) is 3.17. The molecule has 4 rings (SSSR count). The number of nitrogens with zero attached hydrogens (tertiary/aromatic N) is 4. The number of imidazole rings is 1. The van der Waals surface area contributed by atoms with E-state index < -0.39 is 0 Å². The summed E-state index contributed by atoms with van der Waals surface area (Å²) in [5.41, 5.74) is 2.43. The Kier molecular flexibility index (Phi) is 5.94. The Balaban J connectivity index is 1.52. The van der Waals surface area contributed by atoms with E-state index in [1.54, 1.807) is 0 Å². The number of fused-ring (bicyclic) bond motifs is 1. The largest absolute Gasteiger partial charge is 0.345 e. The van der Waals surface area contributed by atoms with Crippen molar-refractivity contribution in [1.29, 1.82) is 0 Å². The minimum Gasteiger partial charge on any atom is -0.345 e. The van der Waals surface area contributed by atoms with Crippen LogP contribution in [0.25, 0.3) is 0 Å². The molecule has 1 fully saturated rings. The van der Waals surface area contributed by atoms with Crippen molar-refractivity contribution in [2.24, 2.45) is 0 Å². The Hall–Kier alpha value is -2.67. The minimum absolute atomic E-state index is 0.0338. The molecule has 2 amide bonds. The van der Waals surface area contributed by atoms with E-state index in [1.807, 2.05) is 39.8 Å². The first-order chi connectivity index (χ1) is 14.2. The molecule has 0 spiro atoms. The van der Waals surface area contributed by atoms with E-state index in [-0.39, 0.29) is 11.8 Å². The lowest BCUT2D eigenvalue weighted by atomic mass is 10.1. The molecule has 29 heavy (non-hydrogen) atoms. The van der Waals surface area contributed by atoms with Crippen LogP contribution in [-0.2, 0) is 19.5 Å². The molecule has 7 heteroatoms. The number of carbonyl (C=O) groups is 2. The van der Waals surface area contributed by atoms with Crippen LogP contribution < -0.4 is 5.32 Å². The highest BCUT2D eigenvalue weighted by Crippen LogP contribution is 2.23. The van der Waals surface area contributed by atoms with Crippen molar-refractivity contribution >= 4 is 11.8 Å². The normalized spacial score (nSPS) is 17.1. The lowest BCUT2D eigenvalue weighted by Crippen LogP contribution is -2.48. The summed E-state index contributed by atoms with van der Waals surface area (Å²) in [5.74, 6) is 0.117. The van der Waals surface area contributed by atoms with E-state index in [4.69, 9.17) is 0 Å². The summed E-state index contributed by atoms with van der Waals surface area (Å²) in [5, 5.41) is 2.96. The van der Waals surface area contributed by atoms with Gasteiger partial charge in [0.25, 0.3) is 11.8 Å². The molecule has 2 aliphatic rings. The Morgan fingerprint density at radius 3 is 2.52 bits per heavy atom. The fraction of sp³-hybridized carbons (Fsp3) is 0.500. The number of hydrogen-bond donors (Lipinski definition) is 1. The van der Waals surface area contributed by atoms with Crippen molar-refractivity contribution in [2.75, 3.05) is 32.7 Å². The SMILES string of the molecule is CCN1CCN(C(=O)c2nc(C(=O)NCc3ccccc3)n3c2CCCC3)CC1. The standard InChI is InChI=1S/C22H29N5O2/c1-2-25-12-14-26(15-13-25)22(29)19-18-10-6-7-11-27(18)20(24-19)21(28)23-16-17-8-4-3-5-9-17/h3-5,8-9H,2,6-7,10-16H2,1H3,(H,23,28). The Morgan fingerprint density at radius 1 is 1.03 bits per heavy atom. The molecule has 2 aliphatic heterocycles. The van der Waals surface area contributed by atoms with Gasteiger partial charge < -0.3 is 19.7 Å². The van der Waals surface area contributed by atoms with Gasteiger partial charge in [0.15, 0.2) is 5.82 Å². The first kappa shape index (κ1) is 19.6. The fourth-order valence-electron chi connectivity index (χ4n) is 4.16. The fourth-order valence-corrected chi connectivity index (χ4v) is 4.16. The van der Waals surface area contributed by atoms with Crippen LogP contribution in [0.4, 0.5) is 0 Å². The molecule has 1 saturated heterocycles. The van der Waals surface area contributed by atoms with Crippen LogP contribution in [-0.4, -0.2) is 63.9 Å². The van der Waals surface area contributed by atoms with Gasteiger partial charge in [0.1, 0.15) is 5.69 Å².